The first-order valence-corrected chi connectivity index (χ1v) is 10.5. The maximum absolute atomic E-state index is 12.5. The molecule has 3 rings (SSSR count). The van der Waals surface area contributed by atoms with Crippen molar-refractivity contribution in [1.82, 2.24) is 10.6 Å². The second kappa shape index (κ2) is 9.01. The number of halogens is 1. The first-order valence-electron chi connectivity index (χ1n) is 8.86. The number of benzene rings is 1. The molecule has 1 aromatic rings. The Kier molecular flexibility index (Phi) is 7.28. The third kappa shape index (κ3) is 5.43. The topological polar surface area (TPSA) is 75.3 Å². The van der Waals surface area contributed by atoms with E-state index in [-0.39, 0.29) is 30.5 Å². The molecule has 1 saturated heterocycles. The van der Waals surface area contributed by atoms with Crippen LogP contribution < -0.4 is 10.6 Å². The molecule has 0 spiro atoms. The van der Waals surface area contributed by atoms with Gasteiger partial charge in [-0.1, -0.05) is 6.07 Å². The highest BCUT2D eigenvalue weighted by Crippen LogP contribution is 2.25. The number of amides is 1. The Hall–Kier alpha value is -1.11. The van der Waals surface area contributed by atoms with Crippen molar-refractivity contribution in [2.75, 3.05) is 25.4 Å². The Balaban J connectivity index is 0.00000225. The van der Waals surface area contributed by atoms with Crippen molar-refractivity contribution in [1.29, 1.82) is 0 Å². The van der Waals surface area contributed by atoms with Gasteiger partial charge in [0.05, 0.1) is 10.6 Å². The predicted octanol–water partition coefficient (Wildman–Crippen LogP) is 1.88. The van der Waals surface area contributed by atoms with Gasteiger partial charge >= 0.3 is 0 Å². The molecule has 25 heavy (non-hydrogen) atoms. The van der Waals surface area contributed by atoms with E-state index in [1.165, 1.54) is 5.56 Å². The van der Waals surface area contributed by atoms with Gasteiger partial charge in [-0.25, -0.2) is 8.42 Å². The fourth-order valence-electron chi connectivity index (χ4n) is 3.53. The average Bonchev–Trinajstić information content (AvgIpc) is 3.07. The molecular formula is C18H27ClN2O3S. The summed E-state index contributed by atoms with van der Waals surface area (Å²) in [4.78, 5) is 12.3. The number of aryl methyl sites for hydroxylation is 2. The van der Waals surface area contributed by atoms with Crippen LogP contribution in [0.5, 0.6) is 0 Å². The average molecular weight is 387 g/mol. The van der Waals surface area contributed by atoms with Crippen molar-refractivity contribution >= 4 is 28.2 Å². The number of nitrogens with one attached hydrogen (secondary N) is 2. The van der Waals surface area contributed by atoms with E-state index in [4.69, 9.17) is 0 Å². The molecule has 1 aromatic carbocycles. The van der Waals surface area contributed by atoms with Gasteiger partial charge in [-0.3, -0.25) is 4.79 Å². The van der Waals surface area contributed by atoms with Crippen LogP contribution >= 0.6 is 12.4 Å². The van der Waals surface area contributed by atoms with E-state index in [1.54, 1.807) is 12.1 Å². The predicted molar refractivity (Wildman–Crippen MR) is 101 cm³/mol. The summed E-state index contributed by atoms with van der Waals surface area (Å²) in [5.41, 5.74) is 2.40. The van der Waals surface area contributed by atoms with Crippen LogP contribution in [0, 0.1) is 5.92 Å². The second-order valence-electron chi connectivity index (χ2n) is 6.87. The molecule has 1 heterocycles. The third-order valence-corrected chi connectivity index (χ3v) is 6.73. The lowest BCUT2D eigenvalue weighted by atomic mass is 10.00. The van der Waals surface area contributed by atoms with Crippen LogP contribution in [0.1, 0.15) is 36.8 Å². The van der Waals surface area contributed by atoms with Crippen molar-refractivity contribution in [3.63, 3.8) is 0 Å². The van der Waals surface area contributed by atoms with E-state index in [0.29, 0.717) is 17.4 Å². The number of hydrogen-bond acceptors (Lipinski definition) is 4. The number of sulfone groups is 1. The van der Waals surface area contributed by atoms with Crippen molar-refractivity contribution in [2.45, 2.75) is 43.4 Å². The Labute approximate surface area is 156 Å². The van der Waals surface area contributed by atoms with Crippen LogP contribution in [0.25, 0.3) is 0 Å². The van der Waals surface area contributed by atoms with Gasteiger partial charge in [0.2, 0.25) is 5.91 Å². The number of carbonyl (C=O) groups is 1. The SMILES string of the molecule is Cl.O=C(CCS(=O)(=O)c1ccc2c(c1)CCC2)NCC1CCCNC1. The molecule has 1 unspecified atom stereocenters. The molecule has 0 radical (unpaired) electrons. The summed E-state index contributed by atoms with van der Waals surface area (Å²) in [6, 6.07) is 5.40. The van der Waals surface area contributed by atoms with Crippen LogP contribution in [-0.4, -0.2) is 39.7 Å². The maximum Gasteiger partial charge on any atom is 0.221 e. The smallest absolute Gasteiger partial charge is 0.221 e. The first-order chi connectivity index (χ1) is 11.5. The summed E-state index contributed by atoms with van der Waals surface area (Å²) < 4.78 is 24.9. The van der Waals surface area contributed by atoms with Crippen LogP contribution in [0.3, 0.4) is 0 Å². The van der Waals surface area contributed by atoms with Crippen LogP contribution in [-0.2, 0) is 27.5 Å². The minimum atomic E-state index is -3.39. The van der Waals surface area contributed by atoms with E-state index in [0.717, 1.165) is 50.8 Å². The summed E-state index contributed by atoms with van der Waals surface area (Å²) in [5.74, 6) is 0.155. The van der Waals surface area contributed by atoms with Crippen molar-refractivity contribution in [3.05, 3.63) is 29.3 Å². The molecule has 5 nitrogen and oxygen atoms in total. The Bertz CT molecular complexity index is 700. The minimum absolute atomic E-state index is 0. The Morgan fingerprint density at radius 3 is 2.76 bits per heavy atom. The van der Waals surface area contributed by atoms with E-state index in [1.807, 2.05) is 6.07 Å². The standard InChI is InChI=1S/C18H26N2O3S.ClH/c21-18(20-13-14-3-2-9-19-12-14)8-10-24(22,23)17-7-6-15-4-1-5-16(15)11-17;/h6-7,11,14,19H,1-5,8-10,12-13H2,(H,20,21);1H. The number of rotatable bonds is 6. The van der Waals surface area contributed by atoms with Crippen LogP contribution in [0.4, 0.5) is 0 Å². The van der Waals surface area contributed by atoms with Gasteiger partial charge in [0.1, 0.15) is 0 Å². The Morgan fingerprint density at radius 2 is 2.00 bits per heavy atom. The lowest BCUT2D eigenvalue weighted by Gasteiger charge is -2.22. The van der Waals surface area contributed by atoms with E-state index >= 15 is 0 Å². The molecule has 7 heteroatoms. The lowest BCUT2D eigenvalue weighted by molar-refractivity contribution is -0.120. The highest BCUT2D eigenvalue weighted by atomic mass is 35.5. The summed E-state index contributed by atoms with van der Waals surface area (Å²) in [6.45, 7) is 2.60. The molecule has 140 valence electrons. The molecule has 2 aliphatic rings. The zero-order valence-corrected chi connectivity index (χ0v) is 16.1. The van der Waals surface area contributed by atoms with Gasteiger partial charge < -0.3 is 10.6 Å². The van der Waals surface area contributed by atoms with E-state index in [2.05, 4.69) is 10.6 Å². The third-order valence-electron chi connectivity index (χ3n) is 5.01. The lowest BCUT2D eigenvalue weighted by Crippen LogP contribution is -2.38. The number of fused-ring (bicyclic) bond motifs is 1. The zero-order chi connectivity index (χ0) is 17.0. The monoisotopic (exact) mass is 386 g/mol. The van der Waals surface area contributed by atoms with Gasteiger partial charge in [0.15, 0.2) is 9.84 Å². The van der Waals surface area contributed by atoms with Crippen LogP contribution in [0.2, 0.25) is 0 Å². The van der Waals surface area contributed by atoms with Gasteiger partial charge in [-0.2, -0.15) is 0 Å². The zero-order valence-electron chi connectivity index (χ0n) is 14.4. The minimum Gasteiger partial charge on any atom is -0.356 e. The van der Waals surface area contributed by atoms with Crippen molar-refractivity contribution in [2.24, 2.45) is 5.92 Å². The molecule has 1 amide bonds. The normalized spacial score (nSPS) is 19.8. The molecule has 1 aliphatic heterocycles. The van der Waals surface area contributed by atoms with Gasteiger partial charge in [0.25, 0.3) is 0 Å². The molecule has 1 atom stereocenters. The second-order valence-corrected chi connectivity index (χ2v) is 8.98. The summed E-state index contributed by atoms with van der Waals surface area (Å²) in [5, 5.41) is 6.18. The van der Waals surface area contributed by atoms with Gasteiger partial charge in [-0.15, -0.1) is 12.4 Å². The largest absolute Gasteiger partial charge is 0.356 e. The van der Waals surface area contributed by atoms with E-state index in [9.17, 15) is 13.2 Å². The van der Waals surface area contributed by atoms with Crippen molar-refractivity contribution < 1.29 is 13.2 Å². The number of piperidine rings is 1. The quantitative estimate of drug-likeness (QED) is 0.782. The number of carbonyl (C=O) groups excluding carboxylic acids is 1. The summed E-state index contributed by atoms with van der Waals surface area (Å²) in [7, 11) is -3.39. The fraction of sp³-hybridized carbons (Fsp3) is 0.611. The molecule has 1 aliphatic carbocycles. The highest BCUT2D eigenvalue weighted by Gasteiger charge is 2.20. The first kappa shape index (κ1) is 20.2. The molecular weight excluding hydrogens is 360 g/mol. The molecule has 1 fully saturated rings. The molecule has 0 bridgehead atoms. The maximum atomic E-state index is 12.5. The fourth-order valence-corrected chi connectivity index (χ4v) is 4.82. The van der Waals surface area contributed by atoms with E-state index < -0.39 is 9.84 Å². The van der Waals surface area contributed by atoms with Gasteiger partial charge in [0, 0.05) is 13.0 Å². The van der Waals surface area contributed by atoms with Crippen LogP contribution in [0.15, 0.2) is 23.1 Å². The molecule has 0 aromatic heterocycles. The summed E-state index contributed by atoms with van der Waals surface area (Å²) >= 11 is 0. The Morgan fingerprint density at radius 1 is 1.20 bits per heavy atom. The highest BCUT2D eigenvalue weighted by molar-refractivity contribution is 7.91. The van der Waals surface area contributed by atoms with Crippen molar-refractivity contribution in [3.8, 4) is 0 Å². The van der Waals surface area contributed by atoms with Gasteiger partial charge in [-0.05, 0) is 74.4 Å². The molecule has 2 N–H and O–H groups in total. The molecule has 0 saturated carbocycles. The number of hydrogen-bond donors (Lipinski definition) is 2. The summed E-state index contributed by atoms with van der Waals surface area (Å²) in [6.07, 6.45) is 5.35.